The summed E-state index contributed by atoms with van der Waals surface area (Å²) in [6.07, 6.45) is 0. The van der Waals surface area contributed by atoms with Crippen molar-refractivity contribution in [3.63, 3.8) is 0 Å². The molecule has 2 rings (SSSR count). The second kappa shape index (κ2) is 6.04. The first-order chi connectivity index (χ1) is 9.87. The van der Waals surface area contributed by atoms with Crippen molar-refractivity contribution in [3.05, 3.63) is 29.8 Å². The summed E-state index contributed by atoms with van der Waals surface area (Å²) in [6.45, 7) is 0. The molecule has 0 bridgehead atoms. The number of carboxylic acids is 1. The number of hydrogen-bond donors (Lipinski definition) is 1. The van der Waals surface area contributed by atoms with Gasteiger partial charge in [-0.05, 0) is 18.2 Å². The molecule has 0 aliphatic carbocycles. The van der Waals surface area contributed by atoms with Crippen molar-refractivity contribution in [2.24, 2.45) is 0 Å². The molecular weight excluding hydrogens is 318 g/mol. The number of benzene rings is 1. The molecule has 0 unspecified atom stereocenters. The maximum Gasteiger partial charge on any atom is 0.337 e. The molecule has 1 atom stereocenters. The summed E-state index contributed by atoms with van der Waals surface area (Å²) in [4.78, 5) is 22.4. The average molecular weight is 331 g/mol. The van der Waals surface area contributed by atoms with Gasteiger partial charge in [0.2, 0.25) is 10.0 Å². The zero-order valence-corrected chi connectivity index (χ0v) is 12.7. The van der Waals surface area contributed by atoms with Gasteiger partial charge >= 0.3 is 11.9 Å². The molecule has 0 spiro atoms. The third kappa shape index (κ3) is 3.04. The lowest BCUT2D eigenvalue weighted by Gasteiger charge is -2.20. The van der Waals surface area contributed by atoms with E-state index in [4.69, 9.17) is 5.11 Å². The van der Waals surface area contributed by atoms with Crippen LogP contribution in [0, 0.1) is 0 Å². The lowest BCUT2D eigenvalue weighted by molar-refractivity contribution is -0.140. The Kier molecular flexibility index (Phi) is 4.55. The predicted molar refractivity (Wildman–Crippen MR) is 75.6 cm³/mol. The highest BCUT2D eigenvalue weighted by Crippen LogP contribution is 2.28. The van der Waals surface area contributed by atoms with Crippen LogP contribution in [-0.2, 0) is 19.6 Å². The van der Waals surface area contributed by atoms with E-state index < -0.39 is 28.0 Å². The number of sulfonamides is 1. The van der Waals surface area contributed by atoms with Crippen LogP contribution >= 0.6 is 11.8 Å². The second-order valence-corrected chi connectivity index (χ2v) is 7.16. The number of hydrogen-bond acceptors (Lipinski definition) is 6. The van der Waals surface area contributed by atoms with E-state index in [0.29, 0.717) is 0 Å². The van der Waals surface area contributed by atoms with Gasteiger partial charge in [-0.1, -0.05) is 6.07 Å². The van der Waals surface area contributed by atoms with Gasteiger partial charge in [0.1, 0.15) is 6.04 Å². The van der Waals surface area contributed by atoms with Crippen LogP contribution in [-0.4, -0.2) is 54.5 Å². The Balaban J connectivity index is 2.40. The van der Waals surface area contributed by atoms with E-state index in [0.717, 1.165) is 4.31 Å². The fourth-order valence-corrected chi connectivity index (χ4v) is 5.08. The van der Waals surface area contributed by atoms with E-state index in [2.05, 4.69) is 4.74 Å². The van der Waals surface area contributed by atoms with Gasteiger partial charge in [-0.2, -0.15) is 4.31 Å². The molecule has 1 aliphatic rings. The zero-order valence-electron chi connectivity index (χ0n) is 11.1. The highest BCUT2D eigenvalue weighted by molar-refractivity contribution is 8.00. The number of carboxylic acid groups (broad SMARTS) is 1. The van der Waals surface area contributed by atoms with E-state index in [1.807, 2.05) is 0 Å². The standard InChI is InChI=1S/C12H13NO6S2/c1-19-12(16)8-3-2-4-9(5-8)21(17,18)13-7-20-6-10(13)11(14)15/h2-5,10H,6-7H2,1H3,(H,14,15)/t10-/m0/s1. The van der Waals surface area contributed by atoms with Crippen LogP contribution in [0.5, 0.6) is 0 Å². The summed E-state index contributed by atoms with van der Waals surface area (Å²) in [6, 6.07) is 4.25. The van der Waals surface area contributed by atoms with Crippen LogP contribution in [0.15, 0.2) is 29.2 Å². The Labute approximate surface area is 125 Å². The topological polar surface area (TPSA) is 101 Å². The zero-order chi connectivity index (χ0) is 15.6. The Morgan fingerprint density at radius 3 is 2.76 bits per heavy atom. The Morgan fingerprint density at radius 2 is 2.14 bits per heavy atom. The van der Waals surface area contributed by atoms with E-state index in [1.165, 1.54) is 43.1 Å². The molecule has 9 heteroatoms. The quantitative estimate of drug-likeness (QED) is 0.807. The number of methoxy groups -OCH3 is 1. The second-order valence-electron chi connectivity index (χ2n) is 4.27. The Morgan fingerprint density at radius 1 is 1.43 bits per heavy atom. The summed E-state index contributed by atoms with van der Waals surface area (Å²) >= 11 is 1.23. The fourth-order valence-electron chi connectivity index (χ4n) is 1.90. The molecule has 1 saturated heterocycles. The maximum absolute atomic E-state index is 12.5. The molecule has 1 aromatic rings. The Bertz CT molecular complexity index is 672. The summed E-state index contributed by atoms with van der Waals surface area (Å²) in [5, 5.41) is 9.08. The van der Waals surface area contributed by atoms with Crippen molar-refractivity contribution in [3.8, 4) is 0 Å². The molecule has 0 radical (unpaired) electrons. The van der Waals surface area contributed by atoms with Crippen molar-refractivity contribution in [2.45, 2.75) is 10.9 Å². The molecular formula is C12H13NO6S2. The number of esters is 1. The molecule has 114 valence electrons. The molecule has 1 aromatic carbocycles. The van der Waals surface area contributed by atoms with Crippen molar-refractivity contribution < 1.29 is 27.9 Å². The number of carbonyl (C=O) groups is 2. The number of rotatable bonds is 4. The number of aliphatic carboxylic acids is 1. The van der Waals surface area contributed by atoms with E-state index in [1.54, 1.807) is 0 Å². The number of thioether (sulfide) groups is 1. The fraction of sp³-hybridized carbons (Fsp3) is 0.333. The van der Waals surface area contributed by atoms with Crippen LogP contribution in [0.25, 0.3) is 0 Å². The third-order valence-electron chi connectivity index (χ3n) is 2.99. The largest absolute Gasteiger partial charge is 0.480 e. The SMILES string of the molecule is COC(=O)c1cccc(S(=O)(=O)N2CSC[C@H]2C(=O)O)c1. The summed E-state index contributed by atoms with van der Waals surface area (Å²) in [5.74, 6) is -1.57. The van der Waals surface area contributed by atoms with Crippen molar-refractivity contribution in [1.82, 2.24) is 4.31 Å². The van der Waals surface area contributed by atoms with Gasteiger partial charge in [0.25, 0.3) is 0 Å². The van der Waals surface area contributed by atoms with Gasteiger partial charge in [0.15, 0.2) is 0 Å². The van der Waals surface area contributed by atoms with E-state index >= 15 is 0 Å². The average Bonchev–Trinajstić information content (AvgIpc) is 2.97. The number of ether oxygens (including phenoxy) is 1. The molecule has 7 nitrogen and oxygen atoms in total. The summed E-state index contributed by atoms with van der Waals surface area (Å²) < 4.78 is 30.5. The molecule has 1 fully saturated rings. The van der Waals surface area contributed by atoms with Crippen LogP contribution < -0.4 is 0 Å². The first-order valence-corrected chi connectivity index (χ1v) is 8.48. The minimum Gasteiger partial charge on any atom is -0.480 e. The minimum atomic E-state index is -3.97. The van der Waals surface area contributed by atoms with Crippen molar-refractivity contribution >= 4 is 33.7 Å². The molecule has 0 aromatic heterocycles. The van der Waals surface area contributed by atoms with E-state index in [-0.39, 0.29) is 22.1 Å². The molecule has 1 aliphatic heterocycles. The predicted octanol–water partition coefficient (Wildman–Crippen LogP) is 0.621. The van der Waals surface area contributed by atoms with Crippen molar-refractivity contribution in [2.75, 3.05) is 18.7 Å². The molecule has 1 N–H and O–H groups in total. The monoisotopic (exact) mass is 331 g/mol. The third-order valence-corrected chi connectivity index (χ3v) is 6.01. The van der Waals surface area contributed by atoms with Crippen LogP contribution in [0.3, 0.4) is 0 Å². The van der Waals surface area contributed by atoms with Crippen LogP contribution in [0.2, 0.25) is 0 Å². The van der Waals surface area contributed by atoms with Gasteiger partial charge in [0, 0.05) is 5.75 Å². The molecule has 21 heavy (non-hydrogen) atoms. The van der Waals surface area contributed by atoms with Crippen molar-refractivity contribution in [1.29, 1.82) is 0 Å². The highest BCUT2D eigenvalue weighted by Gasteiger charge is 2.40. The normalized spacial score (nSPS) is 19.4. The number of carbonyl (C=O) groups excluding carboxylic acids is 1. The maximum atomic E-state index is 12.5. The van der Waals surface area contributed by atoms with E-state index in [9.17, 15) is 18.0 Å². The lowest BCUT2D eigenvalue weighted by Crippen LogP contribution is -2.41. The number of nitrogens with zero attached hydrogens (tertiary/aromatic N) is 1. The molecule has 0 saturated carbocycles. The van der Waals surface area contributed by atoms with Gasteiger partial charge in [-0.3, -0.25) is 4.79 Å². The van der Waals surface area contributed by atoms with Crippen LogP contribution in [0.1, 0.15) is 10.4 Å². The van der Waals surface area contributed by atoms with Crippen LogP contribution in [0.4, 0.5) is 0 Å². The highest BCUT2D eigenvalue weighted by atomic mass is 32.2. The lowest BCUT2D eigenvalue weighted by atomic mass is 10.2. The molecule has 1 heterocycles. The van der Waals surface area contributed by atoms with Gasteiger partial charge in [-0.15, -0.1) is 11.8 Å². The smallest absolute Gasteiger partial charge is 0.337 e. The summed E-state index contributed by atoms with van der Waals surface area (Å²) in [5.41, 5.74) is 0.0947. The molecule has 0 amide bonds. The summed E-state index contributed by atoms with van der Waals surface area (Å²) in [7, 11) is -2.78. The van der Waals surface area contributed by atoms with Gasteiger partial charge in [-0.25, -0.2) is 13.2 Å². The first kappa shape index (κ1) is 15.8. The van der Waals surface area contributed by atoms with Gasteiger partial charge in [0.05, 0.1) is 23.4 Å². The minimum absolute atomic E-state index is 0.0712. The van der Waals surface area contributed by atoms with Gasteiger partial charge < -0.3 is 9.84 Å². The Hall–Kier alpha value is -1.58. The first-order valence-electron chi connectivity index (χ1n) is 5.88.